The van der Waals surface area contributed by atoms with Crippen molar-refractivity contribution in [3.8, 4) is 0 Å². The van der Waals surface area contributed by atoms with Gasteiger partial charge in [0.25, 0.3) is 0 Å². The second-order valence-electron chi connectivity index (χ2n) is 8.25. The molecule has 0 aliphatic carbocycles. The number of amides is 1. The van der Waals surface area contributed by atoms with E-state index in [2.05, 4.69) is 38.3 Å². The third-order valence-electron chi connectivity index (χ3n) is 3.29. The SMILES string of the molecule is CC(C)CC(CC(C)C)NCCC(C)NC(=O)OC(C)(C)C. The van der Waals surface area contributed by atoms with Crippen LogP contribution >= 0.6 is 0 Å². The summed E-state index contributed by atoms with van der Waals surface area (Å²) in [6.07, 6.45) is 2.98. The van der Waals surface area contributed by atoms with Crippen LogP contribution in [0.25, 0.3) is 0 Å². The third kappa shape index (κ3) is 12.9. The molecule has 22 heavy (non-hydrogen) atoms. The van der Waals surface area contributed by atoms with Crippen molar-refractivity contribution in [2.24, 2.45) is 11.8 Å². The lowest BCUT2D eigenvalue weighted by Crippen LogP contribution is -2.40. The first-order chi connectivity index (χ1) is 9.99. The molecule has 0 fully saturated rings. The Morgan fingerprint density at radius 2 is 1.50 bits per heavy atom. The molecule has 0 saturated carbocycles. The van der Waals surface area contributed by atoms with Crippen LogP contribution in [0.4, 0.5) is 4.79 Å². The highest BCUT2D eigenvalue weighted by molar-refractivity contribution is 5.67. The van der Waals surface area contributed by atoms with Gasteiger partial charge in [0, 0.05) is 12.1 Å². The Hall–Kier alpha value is -0.770. The second-order valence-corrected chi connectivity index (χ2v) is 8.25. The maximum absolute atomic E-state index is 11.7. The van der Waals surface area contributed by atoms with E-state index in [-0.39, 0.29) is 12.1 Å². The molecule has 0 radical (unpaired) electrons. The first kappa shape index (κ1) is 21.2. The molecule has 1 atom stereocenters. The fraction of sp³-hybridized carbons (Fsp3) is 0.944. The van der Waals surface area contributed by atoms with Gasteiger partial charge in [-0.05, 0) is 65.3 Å². The second kappa shape index (κ2) is 10.1. The molecular weight excluding hydrogens is 276 g/mol. The highest BCUT2D eigenvalue weighted by atomic mass is 16.6. The van der Waals surface area contributed by atoms with Crippen molar-refractivity contribution in [1.82, 2.24) is 10.6 Å². The normalized spacial score (nSPS) is 13.8. The van der Waals surface area contributed by atoms with E-state index in [1.807, 2.05) is 27.7 Å². The van der Waals surface area contributed by atoms with Gasteiger partial charge in [-0.25, -0.2) is 4.79 Å². The largest absolute Gasteiger partial charge is 0.444 e. The van der Waals surface area contributed by atoms with Crippen LogP contribution in [0.15, 0.2) is 0 Å². The topological polar surface area (TPSA) is 50.4 Å². The van der Waals surface area contributed by atoms with Crippen LogP contribution in [0.3, 0.4) is 0 Å². The first-order valence-electron chi connectivity index (χ1n) is 8.72. The minimum absolute atomic E-state index is 0.112. The summed E-state index contributed by atoms with van der Waals surface area (Å²) < 4.78 is 5.27. The van der Waals surface area contributed by atoms with Gasteiger partial charge in [0.05, 0.1) is 0 Å². The van der Waals surface area contributed by atoms with Gasteiger partial charge in [0.2, 0.25) is 0 Å². The zero-order chi connectivity index (χ0) is 17.3. The predicted molar refractivity (Wildman–Crippen MR) is 94.1 cm³/mol. The van der Waals surface area contributed by atoms with Crippen LogP contribution in [0.1, 0.15) is 74.7 Å². The van der Waals surface area contributed by atoms with Gasteiger partial charge in [0.15, 0.2) is 0 Å². The highest BCUT2D eigenvalue weighted by Crippen LogP contribution is 2.13. The van der Waals surface area contributed by atoms with Gasteiger partial charge in [0.1, 0.15) is 5.60 Å². The van der Waals surface area contributed by atoms with Gasteiger partial charge in [-0.15, -0.1) is 0 Å². The summed E-state index contributed by atoms with van der Waals surface area (Å²) in [4.78, 5) is 11.7. The maximum atomic E-state index is 11.7. The molecule has 0 aliphatic heterocycles. The van der Waals surface area contributed by atoms with Crippen LogP contribution in [0, 0.1) is 11.8 Å². The third-order valence-corrected chi connectivity index (χ3v) is 3.29. The number of carbonyl (C=O) groups excluding carboxylic acids is 1. The molecule has 1 amide bonds. The van der Waals surface area contributed by atoms with Crippen LogP contribution in [0.2, 0.25) is 0 Å². The minimum Gasteiger partial charge on any atom is -0.444 e. The molecule has 4 heteroatoms. The van der Waals surface area contributed by atoms with E-state index in [1.165, 1.54) is 12.8 Å². The summed E-state index contributed by atoms with van der Waals surface area (Å²) in [7, 11) is 0. The highest BCUT2D eigenvalue weighted by Gasteiger charge is 2.18. The van der Waals surface area contributed by atoms with Crippen molar-refractivity contribution in [1.29, 1.82) is 0 Å². The molecular formula is C18H38N2O2. The number of hydrogen-bond donors (Lipinski definition) is 2. The number of nitrogens with one attached hydrogen (secondary N) is 2. The fourth-order valence-electron chi connectivity index (χ4n) is 2.49. The Morgan fingerprint density at radius 1 is 1.00 bits per heavy atom. The summed E-state index contributed by atoms with van der Waals surface area (Å²) in [6, 6.07) is 0.676. The number of ether oxygens (including phenoxy) is 1. The maximum Gasteiger partial charge on any atom is 0.407 e. The van der Waals surface area contributed by atoms with Crippen molar-refractivity contribution in [3.05, 3.63) is 0 Å². The summed E-state index contributed by atoms with van der Waals surface area (Å²) in [6.45, 7) is 17.6. The lowest BCUT2D eigenvalue weighted by molar-refractivity contribution is 0.0506. The summed E-state index contributed by atoms with van der Waals surface area (Å²) in [5.41, 5.74) is -0.443. The first-order valence-corrected chi connectivity index (χ1v) is 8.72. The van der Waals surface area contributed by atoms with Crippen LogP contribution in [0.5, 0.6) is 0 Å². The van der Waals surface area contributed by atoms with E-state index < -0.39 is 5.60 Å². The molecule has 0 heterocycles. The zero-order valence-corrected chi connectivity index (χ0v) is 16.0. The van der Waals surface area contributed by atoms with Gasteiger partial charge in [-0.2, -0.15) is 0 Å². The molecule has 2 N–H and O–H groups in total. The number of hydrogen-bond acceptors (Lipinski definition) is 3. The molecule has 0 spiro atoms. The standard InChI is InChI=1S/C18H38N2O2/c1-13(2)11-16(12-14(3)4)19-10-9-15(5)20-17(21)22-18(6,7)8/h13-16,19H,9-12H2,1-8H3,(H,20,21). The zero-order valence-electron chi connectivity index (χ0n) is 16.0. The molecule has 132 valence electrons. The van der Waals surface area contributed by atoms with E-state index in [9.17, 15) is 4.79 Å². The number of alkyl carbamates (subject to hydrolysis) is 1. The van der Waals surface area contributed by atoms with Gasteiger partial charge in [-0.1, -0.05) is 27.7 Å². The van der Waals surface area contributed by atoms with Crippen molar-refractivity contribution in [2.75, 3.05) is 6.54 Å². The minimum atomic E-state index is -0.443. The smallest absolute Gasteiger partial charge is 0.407 e. The average molecular weight is 315 g/mol. The number of carbonyl (C=O) groups is 1. The van der Waals surface area contributed by atoms with Gasteiger partial charge < -0.3 is 15.4 Å². The van der Waals surface area contributed by atoms with E-state index in [0.29, 0.717) is 17.9 Å². The Morgan fingerprint density at radius 3 is 1.91 bits per heavy atom. The summed E-state index contributed by atoms with van der Waals surface area (Å²) in [5, 5.41) is 6.53. The molecule has 4 nitrogen and oxygen atoms in total. The molecule has 0 bridgehead atoms. The fourth-order valence-corrected chi connectivity index (χ4v) is 2.49. The van der Waals surface area contributed by atoms with E-state index in [1.54, 1.807) is 0 Å². The monoisotopic (exact) mass is 314 g/mol. The van der Waals surface area contributed by atoms with E-state index >= 15 is 0 Å². The Labute approximate surface area is 137 Å². The Bertz CT molecular complexity index is 299. The van der Waals surface area contributed by atoms with Gasteiger partial charge >= 0.3 is 6.09 Å². The molecule has 0 aromatic heterocycles. The molecule has 0 rings (SSSR count). The average Bonchev–Trinajstić information content (AvgIpc) is 2.23. The molecule has 0 aliphatic rings. The summed E-state index contributed by atoms with van der Waals surface area (Å²) >= 11 is 0. The van der Waals surface area contributed by atoms with Crippen LogP contribution in [-0.2, 0) is 4.74 Å². The van der Waals surface area contributed by atoms with Crippen molar-refractivity contribution < 1.29 is 9.53 Å². The van der Waals surface area contributed by atoms with E-state index in [0.717, 1.165) is 13.0 Å². The summed E-state index contributed by atoms with van der Waals surface area (Å²) in [5.74, 6) is 1.40. The van der Waals surface area contributed by atoms with Crippen LogP contribution < -0.4 is 10.6 Å². The van der Waals surface area contributed by atoms with E-state index in [4.69, 9.17) is 4.74 Å². The molecule has 0 aromatic rings. The quantitative estimate of drug-likeness (QED) is 0.665. The lowest BCUT2D eigenvalue weighted by Gasteiger charge is -2.24. The number of rotatable bonds is 9. The molecule has 0 saturated heterocycles. The Balaban J connectivity index is 4.06. The van der Waals surface area contributed by atoms with Gasteiger partial charge in [-0.3, -0.25) is 0 Å². The van der Waals surface area contributed by atoms with Crippen LogP contribution in [-0.4, -0.2) is 30.3 Å². The molecule has 0 aromatic carbocycles. The van der Waals surface area contributed by atoms with Crippen molar-refractivity contribution >= 4 is 6.09 Å². The lowest BCUT2D eigenvalue weighted by atomic mass is 9.95. The Kier molecular flexibility index (Phi) is 9.74. The molecule has 1 unspecified atom stereocenters. The van der Waals surface area contributed by atoms with Crippen molar-refractivity contribution in [3.63, 3.8) is 0 Å². The van der Waals surface area contributed by atoms with Crippen molar-refractivity contribution in [2.45, 2.75) is 92.3 Å². The predicted octanol–water partition coefficient (Wildman–Crippen LogP) is 4.34.